The second kappa shape index (κ2) is 9.01. The Morgan fingerprint density at radius 2 is 1.94 bits per heavy atom. The molecule has 0 aliphatic carbocycles. The zero-order valence-electron chi connectivity index (χ0n) is 17.0. The second-order valence-electron chi connectivity index (χ2n) is 6.67. The number of benzene rings is 2. The molecule has 0 saturated heterocycles. The molecule has 4 rings (SSSR count). The van der Waals surface area contributed by atoms with E-state index in [2.05, 4.69) is 20.6 Å². The molecule has 2 aromatic carbocycles. The number of fused-ring (bicyclic) bond motifs is 1. The van der Waals surface area contributed by atoms with Crippen LogP contribution in [0.3, 0.4) is 0 Å². The van der Waals surface area contributed by atoms with Crippen LogP contribution in [0.1, 0.15) is 23.0 Å². The molecule has 31 heavy (non-hydrogen) atoms. The Balaban J connectivity index is 1.68. The van der Waals surface area contributed by atoms with E-state index in [9.17, 15) is 4.79 Å². The molecule has 0 saturated carbocycles. The Morgan fingerprint density at radius 1 is 1.13 bits per heavy atom. The van der Waals surface area contributed by atoms with Gasteiger partial charge in [0, 0.05) is 10.4 Å². The van der Waals surface area contributed by atoms with Crippen LogP contribution in [0, 0.1) is 0 Å². The lowest BCUT2D eigenvalue weighted by Gasteiger charge is -2.11. The Hall–Kier alpha value is -3.65. The van der Waals surface area contributed by atoms with Gasteiger partial charge in [-0.2, -0.15) is 0 Å². The zero-order valence-corrected chi connectivity index (χ0v) is 17.8. The first-order chi connectivity index (χ1) is 15.1. The first kappa shape index (κ1) is 20.6. The van der Waals surface area contributed by atoms with Crippen molar-refractivity contribution < 1.29 is 14.3 Å². The zero-order chi connectivity index (χ0) is 21.8. The van der Waals surface area contributed by atoms with Crippen molar-refractivity contribution in [3.05, 3.63) is 70.9 Å². The molecule has 1 N–H and O–H groups in total. The molecule has 0 fully saturated rings. The molecule has 0 amide bonds. The van der Waals surface area contributed by atoms with Crippen LogP contribution in [0.5, 0.6) is 5.75 Å². The standard InChI is InChI=1S/C22H20ClN5O3/c1-3-31-22(29)20-21(25-19-11-6-15-12-16(23)7-10-18(15)24-19)28(27-26-20)13-14-4-8-17(30-2)9-5-14/h4-12H,3,13H2,1-2H3,(H,24,25). The highest BCUT2D eigenvalue weighted by Gasteiger charge is 2.22. The van der Waals surface area contributed by atoms with Crippen LogP contribution in [-0.2, 0) is 11.3 Å². The molecule has 2 aromatic heterocycles. The molecule has 0 aliphatic heterocycles. The van der Waals surface area contributed by atoms with Crippen molar-refractivity contribution >= 4 is 40.1 Å². The maximum atomic E-state index is 12.4. The lowest BCUT2D eigenvalue weighted by atomic mass is 10.2. The van der Waals surface area contributed by atoms with Gasteiger partial charge in [-0.3, -0.25) is 0 Å². The van der Waals surface area contributed by atoms with Gasteiger partial charge < -0.3 is 14.8 Å². The van der Waals surface area contributed by atoms with Crippen LogP contribution in [0.2, 0.25) is 5.02 Å². The normalized spacial score (nSPS) is 10.8. The molecule has 9 heteroatoms. The van der Waals surface area contributed by atoms with Crippen LogP contribution in [0.15, 0.2) is 54.6 Å². The summed E-state index contributed by atoms with van der Waals surface area (Å²) in [6.07, 6.45) is 0. The third-order valence-electron chi connectivity index (χ3n) is 4.59. The van der Waals surface area contributed by atoms with Gasteiger partial charge in [-0.1, -0.05) is 28.9 Å². The van der Waals surface area contributed by atoms with Crippen LogP contribution >= 0.6 is 11.6 Å². The topological polar surface area (TPSA) is 91.2 Å². The highest BCUT2D eigenvalue weighted by molar-refractivity contribution is 6.31. The van der Waals surface area contributed by atoms with Gasteiger partial charge in [-0.05, 0) is 55.0 Å². The molecular formula is C22H20ClN5O3. The molecule has 0 unspecified atom stereocenters. The first-order valence-electron chi connectivity index (χ1n) is 9.64. The number of carbonyl (C=O) groups excluding carboxylic acids is 1. The predicted octanol–water partition coefficient (Wildman–Crippen LogP) is 4.46. The van der Waals surface area contributed by atoms with E-state index < -0.39 is 5.97 Å². The van der Waals surface area contributed by atoms with E-state index in [-0.39, 0.29) is 12.3 Å². The van der Waals surface area contributed by atoms with Crippen LogP contribution < -0.4 is 10.1 Å². The second-order valence-corrected chi connectivity index (χ2v) is 7.11. The average molecular weight is 438 g/mol. The van der Waals surface area contributed by atoms with Gasteiger partial charge in [0.2, 0.25) is 5.69 Å². The third-order valence-corrected chi connectivity index (χ3v) is 4.83. The number of hydrogen-bond donors (Lipinski definition) is 1. The van der Waals surface area contributed by atoms with Gasteiger partial charge >= 0.3 is 5.97 Å². The van der Waals surface area contributed by atoms with E-state index in [0.29, 0.717) is 23.2 Å². The number of nitrogens with zero attached hydrogens (tertiary/aromatic N) is 4. The van der Waals surface area contributed by atoms with Gasteiger partial charge in [0.15, 0.2) is 5.82 Å². The number of esters is 1. The summed E-state index contributed by atoms with van der Waals surface area (Å²) in [6, 6.07) is 16.7. The molecule has 0 spiro atoms. The number of halogens is 1. The van der Waals surface area contributed by atoms with Crippen molar-refractivity contribution in [3.8, 4) is 5.75 Å². The minimum Gasteiger partial charge on any atom is -0.497 e. The molecule has 2 heterocycles. The number of rotatable bonds is 7. The van der Waals surface area contributed by atoms with E-state index in [4.69, 9.17) is 21.1 Å². The van der Waals surface area contributed by atoms with Gasteiger partial charge in [0.1, 0.15) is 11.6 Å². The van der Waals surface area contributed by atoms with Crippen molar-refractivity contribution in [1.29, 1.82) is 0 Å². The predicted molar refractivity (Wildman–Crippen MR) is 118 cm³/mol. The van der Waals surface area contributed by atoms with E-state index in [1.807, 2.05) is 42.5 Å². The van der Waals surface area contributed by atoms with E-state index >= 15 is 0 Å². The summed E-state index contributed by atoms with van der Waals surface area (Å²) in [5, 5.41) is 12.9. The van der Waals surface area contributed by atoms with Crippen LogP contribution in [0.4, 0.5) is 11.6 Å². The summed E-state index contributed by atoms with van der Waals surface area (Å²) in [5.74, 6) is 1.14. The SMILES string of the molecule is CCOC(=O)c1nnn(Cc2ccc(OC)cc2)c1Nc1ccc2cc(Cl)ccc2n1. The van der Waals surface area contributed by atoms with Crippen molar-refractivity contribution in [3.63, 3.8) is 0 Å². The maximum Gasteiger partial charge on any atom is 0.362 e. The minimum absolute atomic E-state index is 0.0911. The molecule has 8 nitrogen and oxygen atoms in total. The molecule has 0 atom stereocenters. The summed E-state index contributed by atoms with van der Waals surface area (Å²) >= 11 is 6.05. The molecule has 0 bridgehead atoms. The van der Waals surface area contributed by atoms with E-state index in [1.54, 1.807) is 30.8 Å². The van der Waals surface area contributed by atoms with Gasteiger partial charge in [0.05, 0.1) is 25.8 Å². The number of aromatic nitrogens is 4. The quantitative estimate of drug-likeness (QED) is 0.427. The van der Waals surface area contributed by atoms with Crippen LogP contribution in [-0.4, -0.2) is 39.7 Å². The number of ether oxygens (including phenoxy) is 2. The molecule has 4 aromatic rings. The molecule has 0 aliphatic rings. The summed E-state index contributed by atoms with van der Waals surface area (Å²) in [7, 11) is 1.62. The fraction of sp³-hybridized carbons (Fsp3) is 0.182. The Bertz CT molecular complexity index is 1220. The molecule has 0 radical (unpaired) electrons. The van der Waals surface area contributed by atoms with Crippen LogP contribution in [0.25, 0.3) is 10.9 Å². The number of nitrogens with one attached hydrogen (secondary N) is 1. The van der Waals surface area contributed by atoms with Crippen molar-refractivity contribution in [2.75, 3.05) is 19.0 Å². The smallest absolute Gasteiger partial charge is 0.362 e. The largest absolute Gasteiger partial charge is 0.497 e. The number of hydrogen-bond acceptors (Lipinski definition) is 7. The highest BCUT2D eigenvalue weighted by atomic mass is 35.5. The fourth-order valence-corrected chi connectivity index (χ4v) is 3.26. The number of carbonyl (C=O) groups is 1. The summed E-state index contributed by atoms with van der Waals surface area (Å²) in [4.78, 5) is 17.0. The number of anilines is 2. The molecule has 158 valence electrons. The van der Waals surface area contributed by atoms with Gasteiger partial charge in [0.25, 0.3) is 0 Å². The van der Waals surface area contributed by atoms with Gasteiger partial charge in [-0.15, -0.1) is 5.10 Å². The van der Waals surface area contributed by atoms with E-state index in [1.165, 1.54) is 0 Å². The van der Waals surface area contributed by atoms with E-state index in [0.717, 1.165) is 22.2 Å². The van der Waals surface area contributed by atoms with Gasteiger partial charge in [-0.25, -0.2) is 14.5 Å². The summed E-state index contributed by atoms with van der Waals surface area (Å²) in [5.41, 5.74) is 1.82. The first-order valence-corrected chi connectivity index (χ1v) is 10.0. The Labute approximate surface area is 183 Å². The minimum atomic E-state index is -0.557. The Morgan fingerprint density at radius 3 is 2.68 bits per heavy atom. The van der Waals surface area contributed by atoms with Crippen molar-refractivity contribution in [1.82, 2.24) is 20.0 Å². The van der Waals surface area contributed by atoms with Crippen molar-refractivity contribution in [2.24, 2.45) is 0 Å². The average Bonchev–Trinajstić information content (AvgIpc) is 3.16. The number of pyridine rings is 1. The third kappa shape index (κ3) is 4.59. The fourth-order valence-electron chi connectivity index (χ4n) is 3.08. The highest BCUT2D eigenvalue weighted by Crippen LogP contribution is 2.24. The number of methoxy groups -OCH3 is 1. The summed E-state index contributed by atoms with van der Waals surface area (Å²) in [6.45, 7) is 2.36. The monoisotopic (exact) mass is 437 g/mol. The molecular weight excluding hydrogens is 418 g/mol. The Kier molecular flexibility index (Phi) is 5.99. The summed E-state index contributed by atoms with van der Waals surface area (Å²) < 4.78 is 11.9. The lowest BCUT2D eigenvalue weighted by Crippen LogP contribution is -2.11. The van der Waals surface area contributed by atoms with Crippen molar-refractivity contribution in [2.45, 2.75) is 13.5 Å². The maximum absolute atomic E-state index is 12.4. The lowest BCUT2D eigenvalue weighted by molar-refractivity contribution is 0.0520.